The van der Waals surface area contributed by atoms with Crippen LogP contribution in [0.5, 0.6) is 0 Å². The number of nitrogens with zero attached hydrogens (tertiary/aromatic N) is 1. The van der Waals surface area contributed by atoms with Gasteiger partial charge in [0.15, 0.2) is 0 Å². The van der Waals surface area contributed by atoms with Crippen LogP contribution in [0.4, 0.5) is 5.69 Å². The summed E-state index contributed by atoms with van der Waals surface area (Å²) >= 11 is 3.46. The molecule has 2 aromatic carbocycles. The maximum Gasteiger partial charge on any atom is 0.117 e. The van der Waals surface area contributed by atoms with Crippen LogP contribution in [0.15, 0.2) is 94.9 Å². The van der Waals surface area contributed by atoms with E-state index in [1.807, 2.05) is 60.7 Å². The largest absolute Gasteiger partial charge is 0.349 e. The predicted octanol–water partition coefficient (Wildman–Crippen LogP) is 2.36. The Kier molecular flexibility index (Phi) is 7.83. The average Bonchev–Trinajstić information content (AvgIpc) is 3.29. The van der Waals surface area contributed by atoms with E-state index >= 15 is 0 Å². The number of para-hydroxylation sites is 2. The highest BCUT2D eigenvalue weighted by Gasteiger charge is 2.13. The van der Waals surface area contributed by atoms with Gasteiger partial charge in [0.25, 0.3) is 0 Å². The lowest BCUT2D eigenvalue weighted by atomic mass is 10.3. The molecule has 2 heterocycles. The minimum absolute atomic E-state index is 1.03. The highest BCUT2D eigenvalue weighted by molar-refractivity contribution is 8.03. The number of hydrogen-bond donors (Lipinski definition) is 2. The minimum atomic E-state index is -4.69. The van der Waals surface area contributed by atoms with Crippen LogP contribution >= 0.6 is 23.1 Å². The highest BCUT2D eigenvalue weighted by atomic mass is 35.7. The van der Waals surface area contributed by atoms with Crippen molar-refractivity contribution in [1.29, 1.82) is 0 Å². The molecular weight excluding hydrogens is 444 g/mol. The molecule has 154 valence electrons. The van der Waals surface area contributed by atoms with Gasteiger partial charge in [0.2, 0.25) is 0 Å². The number of allylic oxidation sites excluding steroid dienone is 6. The van der Waals surface area contributed by atoms with Crippen molar-refractivity contribution >= 4 is 45.1 Å². The summed E-state index contributed by atoms with van der Waals surface area (Å²) in [4.78, 5) is 5.85. The molecule has 0 bridgehead atoms. The molecule has 1 aliphatic rings. The predicted molar refractivity (Wildman–Crippen MR) is 113 cm³/mol. The van der Waals surface area contributed by atoms with Gasteiger partial charge < -0.3 is 5.32 Å². The Morgan fingerprint density at radius 3 is 2.33 bits per heavy atom. The molecule has 1 aromatic heterocycles. The van der Waals surface area contributed by atoms with E-state index in [-0.39, 0.29) is 0 Å². The first kappa shape index (κ1) is 22.3. The number of hydrogen-bond acceptors (Lipinski definition) is 8. The first-order chi connectivity index (χ1) is 14.4. The Balaban J connectivity index is 0.000000461. The Labute approximate surface area is 184 Å². The van der Waals surface area contributed by atoms with Crippen molar-refractivity contribution in [2.45, 2.75) is 4.90 Å². The summed E-state index contributed by atoms with van der Waals surface area (Å²) < 4.78 is 33.9. The van der Waals surface area contributed by atoms with Crippen molar-refractivity contribution in [2.75, 3.05) is 5.32 Å². The SMILES string of the molecule is C(=CC=Cc1nc2ccccc2s1)C=CC=C1Nc2ccccc2S1.[O-][Cl+3]([O-])([O-])O. The third kappa shape index (κ3) is 7.43. The molecule has 0 amide bonds. The second-order valence-corrected chi connectivity index (χ2v) is 8.74. The first-order valence-electron chi connectivity index (χ1n) is 8.63. The smallest absolute Gasteiger partial charge is 0.117 e. The molecule has 1 aliphatic heterocycles. The molecule has 0 unspecified atom stereocenters. The number of fused-ring (bicyclic) bond motifs is 2. The normalized spacial score (nSPS) is 15.1. The summed E-state index contributed by atoms with van der Waals surface area (Å²) in [5.41, 5.74) is 2.24. The van der Waals surface area contributed by atoms with Crippen LogP contribution in [-0.2, 0) is 0 Å². The lowest BCUT2D eigenvalue weighted by Crippen LogP contribution is -2.58. The summed E-state index contributed by atoms with van der Waals surface area (Å²) in [6.45, 7) is 0. The molecule has 4 rings (SSSR count). The number of aromatic nitrogens is 1. The molecule has 0 atom stereocenters. The van der Waals surface area contributed by atoms with Crippen LogP contribution in [0.25, 0.3) is 16.3 Å². The van der Waals surface area contributed by atoms with Crippen LogP contribution in [0, 0.1) is 10.2 Å². The van der Waals surface area contributed by atoms with E-state index in [9.17, 15) is 0 Å². The van der Waals surface area contributed by atoms with Crippen molar-refractivity contribution in [2.24, 2.45) is 0 Å². The van der Waals surface area contributed by atoms with Crippen molar-refractivity contribution in [1.82, 2.24) is 4.98 Å². The number of nitrogens with one attached hydrogen (secondary N) is 1. The van der Waals surface area contributed by atoms with E-state index in [4.69, 9.17) is 18.6 Å². The number of thioether (sulfide) groups is 1. The van der Waals surface area contributed by atoms with Gasteiger partial charge in [0, 0.05) is 4.90 Å². The van der Waals surface area contributed by atoms with Crippen LogP contribution in [0.2, 0.25) is 0 Å². The molecule has 0 saturated heterocycles. The van der Waals surface area contributed by atoms with E-state index in [0.29, 0.717) is 0 Å². The topological polar surface area (TPSA) is 114 Å². The van der Waals surface area contributed by atoms with Gasteiger partial charge >= 0.3 is 0 Å². The number of halogens is 1. The Hall–Kier alpha value is -2.43. The monoisotopic (exact) mass is 460 g/mol. The fraction of sp³-hybridized carbons (Fsp3) is 0. The molecule has 2 N–H and O–H groups in total. The quantitative estimate of drug-likeness (QED) is 0.574. The standard InChI is InChI=1S/C21H16N2S2.ClHO4/c1(2-4-14-20-22-16-10-6-8-12-18(16)24-20)3-5-15-21-23-17-11-7-9-13-19(17)25-21;2-1(3,4)5/h1-15,22H;(H,2,3,4,5). The molecule has 0 radical (unpaired) electrons. The third-order valence-corrected chi connectivity index (χ3v) is 5.64. The fourth-order valence-electron chi connectivity index (χ4n) is 2.45. The Morgan fingerprint density at radius 2 is 1.57 bits per heavy atom. The zero-order valence-corrected chi connectivity index (χ0v) is 17.9. The van der Waals surface area contributed by atoms with Gasteiger partial charge in [-0.1, -0.05) is 66.4 Å². The van der Waals surface area contributed by atoms with Gasteiger partial charge in [-0.05, 0) is 36.4 Å². The lowest BCUT2D eigenvalue weighted by molar-refractivity contribution is -1.92. The van der Waals surface area contributed by atoms with Crippen LogP contribution in [0.1, 0.15) is 5.01 Å². The first-order valence-corrected chi connectivity index (χ1v) is 11.5. The maximum atomic E-state index is 8.60. The number of rotatable bonds is 4. The summed E-state index contributed by atoms with van der Waals surface area (Å²) in [6, 6.07) is 16.5. The Morgan fingerprint density at radius 1 is 0.900 bits per heavy atom. The molecule has 9 heteroatoms. The van der Waals surface area contributed by atoms with E-state index < -0.39 is 10.2 Å². The lowest BCUT2D eigenvalue weighted by Gasteiger charge is -2.03. The average molecular weight is 461 g/mol. The molecule has 30 heavy (non-hydrogen) atoms. The summed E-state index contributed by atoms with van der Waals surface area (Å²) in [5, 5.41) is 5.58. The van der Waals surface area contributed by atoms with E-state index in [1.54, 1.807) is 23.1 Å². The molecule has 3 aromatic rings. The molecule has 0 spiro atoms. The summed E-state index contributed by atoms with van der Waals surface area (Å²) in [5.74, 6) is 0. The second-order valence-electron chi connectivity index (χ2n) is 5.80. The van der Waals surface area contributed by atoms with E-state index in [0.717, 1.165) is 15.6 Å². The van der Waals surface area contributed by atoms with Crippen molar-refractivity contribution in [3.05, 3.63) is 95.0 Å². The number of benzene rings is 2. The van der Waals surface area contributed by atoms with Crippen molar-refractivity contribution in [3.63, 3.8) is 0 Å². The van der Waals surface area contributed by atoms with Crippen LogP contribution in [0.3, 0.4) is 0 Å². The van der Waals surface area contributed by atoms with Crippen molar-refractivity contribution in [3.8, 4) is 0 Å². The molecular formula is C21H17ClN2O4S2. The highest BCUT2D eigenvalue weighted by Crippen LogP contribution is 2.40. The van der Waals surface area contributed by atoms with E-state index in [2.05, 4.69) is 40.6 Å². The third-order valence-electron chi connectivity index (χ3n) is 3.61. The van der Waals surface area contributed by atoms with Gasteiger partial charge in [0.05, 0.1) is 35.8 Å². The number of anilines is 1. The van der Waals surface area contributed by atoms with Gasteiger partial charge in [-0.3, -0.25) is 0 Å². The van der Waals surface area contributed by atoms with Gasteiger partial charge in [-0.2, -0.15) is 14.0 Å². The zero-order valence-electron chi connectivity index (χ0n) is 15.5. The minimum Gasteiger partial charge on any atom is -0.349 e. The van der Waals surface area contributed by atoms with Crippen LogP contribution < -0.4 is 19.3 Å². The van der Waals surface area contributed by atoms with Gasteiger partial charge in [-0.25, -0.2) is 4.98 Å². The summed E-state index contributed by atoms with van der Waals surface area (Å²) in [7, 11) is -4.69. The fourth-order valence-corrected chi connectivity index (χ4v) is 4.25. The second kappa shape index (κ2) is 10.6. The van der Waals surface area contributed by atoms with Gasteiger partial charge in [-0.15, -0.1) is 11.3 Å². The molecule has 6 nitrogen and oxygen atoms in total. The molecule has 0 fully saturated rings. The zero-order chi connectivity index (χ0) is 21.4. The maximum absolute atomic E-state index is 8.60. The van der Waals surface area contributed by atoms with E-state index in [1.165, 1.54) is 15.3 Å². The Bertz CT molecular complexity index is 1050. The van der Waals surface area contributed by atoms with Crippen LogP contribution in [-0.4, -0.2) is 9.64 Å². The molecule has 0 aliphatic carbocycles. The number of thiazole rings is 1. The summed E-state index contributed by atoms with van der Waals surface area (Å²) in [6.07, 6.45) is 14.3. The molecule has 0 saturated carbocycles. The van der Waals surface area contributed by atoms with Gasteiger partial charge in [0.1, 0.15) is 5.01 Å². The van der Waals surface area contributed by atoms with Crippen molar-refractivity contribution < 1.29 is 28.9 Å².